The predicted octanol–water partition coefficient (Wildman–Crippen LogP) is 3.72. The summed E-state index contributed by atoms with van der Waals surface area (Å²) in [6.07, 6.45) is -1.48. The number of alkyl halides is 3. The summed E-state index contributed by atoms with van der Waals surface area (Å²) in [5, 5.41) is 0. The Kier molecular flexibility index (Phi) is 4.01. The third-order valence-corrected chi connectivity index (χ3v) is 3.63. The minimum Gasteiger partial charge on any atom is -0.341 e. The van der Waals surface area contributed by atoms with Crippen molar-refractivity contribution in [3.8, 4) is 0 Å². The Balaban J connectivity index is 2.19. The number of nitrogens with zero attached hydrogens (tertiary/aromatic N) is 1. The van der Waals surface area contributed by atoms with Gasteiger partial charge < -0.3 is 4.90 Å². The lowest BCUT2D eigenvalue weighted by Crippen LogP contribution is -2.34. The van der Waals surface area contributed by atoms with Gasteiger partial charge in [0.1, 0.15) is 5.82 Å². The molecule has 0 heterocycles. The molecule has 20 heavy (non-hydrogen) atoms. The van der Waals surface area contributed by atoms with Crippen LogP contribution in [0.4, 0.5) is 17.6 Å². The van der Waals surface area contributed by atoms with Crippen LogP contribution in [0, 0.1) is 11.7 Å². The molecule has 0 N–H and O–H groups in total. The summed E-state index contributed by atoms with van der Waals surface area (Å²) in [6.45, 7) is 0.453. The minimum atomic E-state index is -4.59. The standard InChI is InChI=1S/C14H15F4NO/c1-19(8-9-3-2-4-9)13(20)11-7-10(14(16,17)18)5-6-12(11)15/h5-7,9H,2-4,8H2,1H3. The number of rotatable bonds is 3. The van der Waals surface area contributed by atoms with Crippen molar-refractivity contribution in [2.45, 2.75) is 25.4 Å². The van der Waals surface area contributed by atoms with Gasteiger partial charge in [-0.25, -0.2) is 4.39 Å². The van der Waals surface area contributed by atoms with Crippen molar-refractivity contribution in [3.05, 3.63) is 35.1 Å². The van der Waals surface area contributed by atoms with Crippen molar-refractivity contribution < 1.29 is 22.4 Å². The van der Waals surface area contributed by atoms with Gasteiger partial charge in [0.25, 0.3) is 5.91 Å². The Morgan fingerprint density at radius 1 is 1.35 bits per heavy atom. The number of benzene rings is 1. The van der Waals surface area contributed by atoms with Gasteiger partial charge in [-0.3, -0.25) is 4.79 Å². The van der Waals surface area contributed by atoms with E-state index in [9.17, 15) is 22.4 Å². The SMILES string of the molecule is CN(CC1CCC1)C(=O)c1cc(C(F)(F)F)ccc1F. The molecule has 2 nitrogen and oxygen atoms in total. The quantitative estimate of drug-likeness (QED) is 0.777. The minimum absolute atomic E-state index is 0.373. The first-order valence-corrected chi connectivity index (χ1v) is 6.41. The molecular formula is C14H15F4NO. The first-order chi connectivity index (χ1) is 9.29. The van der Waals surface area contributed by atoms with E-state index in [1.165, 1.54) is 11.9 Å². The number of halogens is 4. The van der Waals surface area contributed by atoms with Crippen LogP contribution in [-0.2, 0) is 6.18 Å². The highest BCUT2D eigenvalue weighted by Gasteiger charge is 2.32. The van der Waals surface area contributed by atoms with E-state index < -0.39 is 29.0 Å². The lowest BCUT2D eigenvalue weighted by Gasteiger charge is -2.30. The summed E-state index contributed by atoms with van der Waals surface area (Å²) >= 11 is 0. The molecule has 0 unspecified atom stereocenters. The Hall–Kier alpha value is -1.59. The molecule has 0 aromatic heterocycles. The second kappa shape index (κ2) is 5.42. The van der Waals surface area contributed by atoms with Crippen LogP contribution < -0.4 is 0 Å². The van der Waals surface area contributed by atoms with Crippen LogP contribution in [0.5, 0.6) is 0 Å². The van der Waals surface area contributed by atoms with E-state index in [1.807, 2.05) is 0 Å². The molecule has 0 spiro atoms. The normalized spacial score (nSPS) is 15.8. The zero-order valence-electron chi connectivity index (χ0n) is 11.0. The Morgan fingerprint density at radius 2 is 2.00 bits per heavy atom. The van der Waals surface area contributed by atoms with E-state index in [4.69, 9.17) is 0 Å². The Labute approximate surface area is 114 Å². The van der Waals surface area contributed by atoms with Crippen molar-refractivity contribution in [1.29, 1.82) is 0 Å². The van der Waals surface area contributed by atoms with Crippen LogP contribution in [0.1, 0.15) is 35.2 Å². The van der Waals surface area contributed by atoms with Gasteiger partial charge in [-0.05, 0) is 37.0 Å². The van der Waals surface area contributed by atoms with Crippen molar-refractivity contribution in [2.24, 2.45) is 5.92 Å². The van der Waals surface area contributed by atoms with E-state index in [0.717, 1.165) is 19.3 Å². The lowest BCUT2D eigenvalue weighted by atomic mass is 9.85. The highest BCUT2D eigenvalue weighted by Crippen LogP contribution is 2.31. The molecule has 1 saturated carbocycles. The Morgan fingerprint density at radius 3 is 2.50 bits per heavy atom. The van der Waals surface area contributed by atoms with E-state index in [2.05, 4.69) is 0 Å². The molecule has 0 atom stereocenters. The summed E-state index contributed by atoms with van der Waals surface area (Å²) in [7, 11) is 1.49. The van der Waals surface area contributed by atoms with Gasteiger partial charge in [-0.2, -0.15) is 13.2 Å². The second-order valence-corrected chi connectivity index (χ2v) is 5.17. The lowest BCUT2D eigenvalue weighted by molar-refractivity contribution is -0.137. The first kappa shape index (κ1) is 14.8. The topological polar surface area (TPSA) is 20.3 Å². The zero-order chi connectivity index (χ0) is 14.9. The van der Waals surface area contributed by atoms with Crippen LogP contribution >= 0.6 is 0 Å². The summed E-state index contributed by atoms with van der Waals surface area (Å²) < 4.78 is 51.4. The summed E-state index contributed by atoms with van der Waals surface area (Å²) in [6, 6.07) is 1.90. The molecule has 0 bridgehead atoms. The van der Waals surface area contributed by atoms with E-state index in [1.54, 1.807) is 0 Å². The number of carbonyl (C=O) groups is 1. The third kappa shape index (κ3) is 3.11. The fourth-order valence-electron chi connectivity index (χ4n) is 2.22. The number of hydrogen-bond acceptors (Lipinski definition) is 1. The average Bonchev–Trinajstić information content (AvgIpc) is 2.31. The van der Waals surface area contributed by atoms with Gasteiger partial charge in [0.2, 0.25) is 0 Å². The van der Waals surface area contributed by atoms with Crippen LogP contribution in [0.2, 0.25) is 0 Å². The van der Waals surface area contributed by atoms with Crippen LogP contribution in [0.25, 0.3) is 0 Å². The molecule has 1 aliphatic rings. The number of hydrogen-bond donors (Lipinski definition) is 0. The monoisotopic (exact) mass is 289 g/mol. The van der Waals surface area contributed by atoms with Crippen LogP contribution in [-0.4, -0.2) is 24.4 Å². The highest BCUT2D eigenvalue weighted by molar-refractivity contribution is 5.94. The molecular weight excluding hydrogens is 274 g/mol. The maximum absolute atomic E-state index is 13.6. The smallest absolute Gasteiger partial charge is 0.341 e. The average molecular weight is 289 g/mol. The highest BCUT2D eigenvalue weighted by atomic mass is 19.4. The van der Waals surface area contributed by atoms with Gasteiger partial charge in [0.15, 0.2) is 0 Å². The van der Waals surface area contributed by atoms with E-state index in [0.29, 0.717) is 30.7 Å². The zero-order valence-corrected chi connectivity index (χ0v) is 11.0. The molecule has 2 rings (SSSR count). The van der Waals surface area contributed by atoms with Crippen molar-refractivity contribution in [1.82, 2.24) is 4.90 Å². The molecule has 6 heteroatoms. The number of carbonyl (C=O) groups excluding carboxylic acids is 1. The summed E-state index contributed by atoms with van der Waals surface area (Å²) in [5.74, 6) is -1.26. The van der Waals surface area contributed by atoms with E-state index in [-0.39, 0.29) is 0 Å². The maximum atomic E-state index is 13.6. The summed E-state index contributed by atoms with van der Waals surface area (Å²) in [4.78, 5) is 13.3. The molecule has 0 aliphatic heterocycles. The van der Waals surface area contributed by atoms with Crippen molar-refractivity contribution >= 4 is 5.91 Å². The molecule has 1 aromatic carbocycles. The Bertz CT molecular complexity index is 508. The largest absolute Gasteiger partial charge is 0.416 e. The summed E-state index contributed by atoms with van der Waals surface area (Å²) in [5.41, 5.74) is -1.54. The fourth-order valence-corrected chi connectivity index (χ4v) is 2.22. The molecule has 1 aliphatic carbocycles. The van der Waals surface area contributed by atoms with Gasteiger partial charge in [0.05, 0.1) is 11.1 Å². The molecule has 110 valence electrons. The second-order valence-electron chi connectivity index (χ2n) is 5.17. The van der Waals surface area contributed by atoms with Gasteiger partial charge in [-0.1, -0.05) is 6.42 Å². The molecule has 0 radical (unpaired) electrons. The predicted molar refractivity (Wildman–Crippen MR) is 65.7 cm³/mol. The van der Waals surface area contributed by atoms with Gasteiger partial charge >= 0.3 is 6.18 Å². The molecule has 1 aromatic rings. The van der Waals surface area contributed by atoms with Crippen LogP contribution in [0.15, 0.2) is 18.2 Å². The van der Waals surface area contributed by atoms with Crippen LogP contribution in [0.3, 0.4) is 0 Å². The molecule has 1 amide bonds. The first-order valence-electron chi connectivity index (χ1n) is 6.41. The molecule has 0 saturated heterocycles. The maximum Gasteiger partial charge on any atom is 0.416 e. The van der Waals surface area contributed by atoms with E-state index >= 15 is 0 Å². The third-order valence-electron chi connectivity index (χ3n) is 3.63. The van der Waals surface area contributed by atoms with Gasteiger partial charge in [0, 0.05) is 13.6 Å². The molecule has 1 fully saturated rings. The fraction of sp³-hybridized carbons (Fsp3) is 0.500. The number of amides is 1. The van der Waals surface area contributed by atoms with Gasteiger partial charge in [-0.15, -0.1) is 0 Å². The van der Waals surface area contributed by atoms with Crippen molar-refractivity contribution in [2.75, 3.05) is 13.6 Å². The van der Waals surface area contributed by atoms with Crippen molar-refractivity contribution in [3.63, 3.8) is 0 Å².